The zero-order chi connectivity index (χ0) is 11.5. The highest BCUT2D eigenvalue weighted by atomic mass is 15.2. The highest BCUT2D eigenvalue weighted by Crippen LogP contribution is 2.29. The minimum absolute atomic E-state index is 0.481. The number of nitrogens with two attached hydrogens (primary N) is 1. The first-order valence-electron chi connectivity index (χ1n) is 7.18. The summed E-state index contributed by atoms with van der Waals surface area (Å²) in [5.41, 5.74) is 6.08. The average Bonchev–Trinajstić information content (AvgIpc) is 2.24. The Bertz CT molecular complexity index is 207. The van der Waals surface area contributed by atoms with Crippen LogP contribution in [0.3, 0.4) is 0 Å². The molecule has 0 amide bonds. The van der Waals surface area contributed by atoms with E-state index in [4.69, 9.17) is 5.73 Å². The molecular formula is C14H28N2. The maximum atomic E-state index is 6.08. The quantitative estimate of drug-likeness (QED) is 0.781. The topological polar surface area (TPSA) is 29.3 Å². The van der Waals surface area contributed by atoms with Gasteiger partial charge in [0.15, 0.2) is 0 Å². The Kier molecular flexibility index (Phi) is 4.26. The van der Waals surface area contributed by atoms with Gasteiger partial charge in [-0.2, -0.15) is 0 Å². The molecule has 16 heavy (non-hydrogen) atoms. The smallest absolute Gasteiger partial charge is 0.00698 e. The molecule has 2 N–H and O–H groups in total. The van der Waals surface area contributed by atoms with Crippen molar-refractivity contribution in [1.29, 1.82) is 0 Å². The van der Waals surface area contributed by atoms with E-state index in [-0.39, 0.29) is 0 Å². The Morgan fingerprint density at radius 3 is 2.25 bits per heavy atom. The van der Waals surface area contributed by atoms with E-state index in [0.717, 1.165) is 18.0 Å². The largest absolute Gasteiger partial charge is 0.328 e. The highest BCUT2D eigenvalue weighted by molar-refractivity contribution is 4.84. The number of nitrogens with zero attached hydrogens (tertiary/aromatic N) is 1. The summed E-state index contributed by atoms with van der Waals surface area (Å²) in [5, 5.41) is 0. The molecule has 0 aromatic heterocycles. The second-order valence-electron chi connectivity index (χ2n) is 6.12. The molecule has 0 spiro atoms. The van der Waals surface area contributed by atoms with Crippen LogP contribution >= 0.6 is 0 Å². The second kappa shape index (κ2) is 5.50. The zero-order valence-electron chi connectivity index (χ0n) is 11.0. The molecule has 2 aliphatic rings. The van der Waals surface area contributed by atoms with Crippen molar-refractivity contribution in [2.24, 2.45) is 11.7 Å². The zero-order valence-corrected chi connectivity index (χ0v) is 11.0. The van der Waals surface area contributed by atoms with Gasteiger partial charge in [-0.25, -0.2) is 0 Å². The van der Waals surface area contributed by atoms with E-state index >= 15 is 0 Å². The third-order valence-corrected chi connectivity index (χ3v) is 4.67. The first-order chi connectivity index (χ1) is 7.66. The lowest BCUT2D eigenvalue weighted by atomic mass is 9.84. The van der Waals surface area contributed by atoms with E-state index in [1.54, 1.807) is 0 Å². The van der Waals surface area contributed by atoms with Gasteiger partial charge in [0.25, 0.3) is 0 Å². The van der Waals surface area contributed by atoms with E-state index in [2.05, 4.69) is 18.7 Å². The van der Waals surface area contributed by atoms with E-state index in [9.17, 15) is 0 Å². The summed E-state index contributed by atoms with van der Waals surface area (Å²) >= 11 is 0. The normalized spacial score (nSPS) is 42.2. The fraction of sp³-hybridized carbons (Fsp3) is 1.00. The molecule has 0 aromatic carbocycles. The van der Waals surface area contributed by atoms with Gasteiger partial charge >= 0.3 is 0 Å². The maximum Gasteiger partial charge on any atom is 0.00698 e. The molecule has 1 aliphatic carbocycles. The third kappa shape index (κ3) is 2.98. The molecule has 4 atom stereocenters. The predicted octanol–water partition coefficient (Wildman–Crippen LogP) is 2.77. The third-order valence-electron chi connectivity index (χ3n) is 4.67. The van der Waals surface area contributed by atoms with Crippen molar-refractivity contribution >= 4 is 0 Å². The van der Waals surface area contributed by atoms with Crippen molar-refractivity contribution in [3.8, 4) is 0 Å². The maximum absolute atomic E-state index is 6.08. The molecular weight excluding hydrogens is 196 g/mol. The molecule has 0 aromatic rings. The minimum Gasteiger partial charge on any atom is -0.328 e. The van der Waals surface area contributed by atoms with Crippen molar-refractivity contribution in [2.45, 2.75) is 76.9 Å². The van der Waals surface area contributed by atoms with Gasteiger partial charge < -0.3 is 5.73 Å². The van der Waals surface area contributed by atoms with Crippen molar-refractivity contribution in [3.63, 3.8) is 0 Å². The van der Waals surface area contributed by atoms with Gasteiger partial charge in [-0.15, -0.1) is 0 Å². The Hall–Kier alpha value is -0.0800. The average molecular weight is 224 g/mol. The summed E-state index contributed by atoms with van der Waals surface area (Å²) in [7, 11) is 0. The molecule has 94 valence electrons. The molecule has 2 nitrogen and oxygen atoms in total. The Labute approximate surface area is 101 Å². The lowest BCUT2D eigenvalue weighted by Crippen LogP contribution is -2.47. The summed E-state index contributed by atoms with van der Waals surface area (Å²) < 4.78 is 0. The van der Waals surface area contributed by atoms with Gasteiger partial charge in [-0.1, -0.05) is 12.8 Å². The van der Waals surface area contributed by atoms with Gasteiger partial charge in [0, 0.05) is 24.7 Å². The standard InChI is InChI=1S/C14H28N2/c1-11-5-3-6-12(2)16(11)10-13-7-4-8-14(15)9-13/h11-14H,3-10,15H2,1-2H3/t11-,12+,13?,14?. The SMILES string of the molecule is C[C@@H]1CCC[C@H](C)N1CC1CCCC(N)C1. The van der Waals surface area contributed by atoms with Crippen LogP contribution in [0.1, 0.15) is 58.8 Å². The number of hydrogen-bond donors (Lipinski definition) is 1. The van der Waals surface area contributed by atoms with Gasteiger partial charge in [0.05, 0.1) is 0 Å². The van der Waals surface area contributed by atoms with E-state index < -0.39 is 0 Å². The summed E-state index contributed by atoms with van der Waals surface area (Å²) in [6.07, 6.45) is 9.47. The minimum atomic E-state index is 0.481. The molecule has 1 aliphatic heterocycles. The number of hydrogen-bond acceptors (Lipinski definition) is 2. The molecule has 1 heterocycles. The molecule has 2 unspecified atom stereocenters. The van der Waals surface area contributed by atoms with Crippen LogP contribution in [0.2, 0.25) is 0 Å². The molecule has 1 saturated carbocycles. The van der Waals surface area contributed by atoms with Gasteiger partial charge in [-0.3, -0.25) is 4.90 Å². The summed E-state index contributed by atoms with van der Waals surface area (Å²) in [6, 6.07) is 2.07. The van der Waals surface area contributed by atoms with Gasteiger partial charge in [0.1, 0.15) is 0 Å². The number of piperidine rings is 1. The van der Waals surface area contributed by atoms with Crippen molar-refractivity contribution in [1.82, 2.24) is 4.90 Å². The molecule has 0 radical (unpaired) electrons. The van der Waals surface area contributed by atoms with E-state index in [0.29, 0.717) is 6.04 Å². The summed E-state index contributed by atoms with van der Waals surface area (Å²) in [6.45, 7) is 6.10. The predicted molar refractivity (Wildman–Crippen MR) is 69.4 cm³/mol. The Morgan fingerprint density at radius 2 is 1.62 bits per heavy atom. The Morgan fingerprint density at radius 1 is 1.00 bits per heavy atom. The highest BCUT2D eigenvalue weighted by Gasteiger charge is 2.28. The van der Waals surface area contributed by atoms with Crippen LogP contribution in [0.25, 0.3) is 0 Å². The molecule has 2 heteroatoms. The van der Waals surface area contributed by atoms with E-state index in [1.165, 1.54) is 51.5 Å². The van der Waals surface area contributed by atoms with Crippen molar-refractivity contribution in [3.05, 3.63) is 0 Å². The lowest BCUT2D eigenvalue weighted by Gasteiger charge is -2.42. The Balaban J connectivity index is 1.86. The lowest BCUT2D eigenvalue weighted by molar-refractivity contribution is 0.0734. The van der Waals surface area contributed by atoms with Crippen molar-refractivity contribution < 1.29 is 0 Å². The van der Waals surface area contributed by atoms with E-state index in [1.807, 2.05) is 0 Å². The van der Waals surface area contributed by atoms with Crippen LogP contribution in [0, 0.1) is 5.92 Å². The first-order valence-corrected chi connectivity index (χ1v) is 7.18. The van der Waals surface area contributed by atoms with Gasteiger partial charge in [-0.05, 0) is 51.9 Å². The molecule has 2 fully saturated rings. The van der Waals surface area contributed by atoms with Crippen LogP contribution in [0.4, 0.5) is 0 Å². The molecule has 2 rings (SSSR count). The molecule has 0 bridgehead atoms. The monoisotopic (exact) mass is 224 g/mol. The summed E-state index contributed by atoms with van der Waals surface area (Å²) in [5.74, 6) is 0.867. The van der Waals surface area contributed by atoms with Crippen molar-refractivity contribution in [2.75, 3.05) is 6.54 Å². The van der Waals surface area contributed by atoms with Crippen LogP contribution in [0.15, 0.2) is 0 Å². The molecule has 1 saturated heterocycles. The van der Waals surface area contributed by atoms with Crippen LogP contribution in [-0.4, -0.2) is 29.6 Å². The van der Waals surface area contributed by atoms with Crippen LogP contribution < -0.4 is 5.73 Å². The number of rotatable bonds is 2. The van der Waals surface area contributed by atoms with Crippen LogP contribution in [-0.2, 0) is 0 Å². The fourth-order valence-electron chi connectivity index (χ4n) is 3.63. The summed E-state index contributed by atoms with van der Waals surface area (Å²) in [4.78, 5) is 2.74. The first kappa shape index (κ1) is 12.4. The fourth-order valence-corrected chi connectivity index (χ4v) is 3.63. The number of likely N-dealkylation sites (tertiary alicyclic amines) is 1. The second-order valence-corrected chi connectivity index (χ2v) is 6.12. The van der Waals surface area contributed by atoms with Gasteiger partial charge in [0.2, 0.25) is 0 Å². The van der Waals surface area contributed by atoms with Crippen LogP contribution in [0.5, 0.6) is 0 Å².